The van der Waals surface area contributed by atoms with E-state index in [9.17, 15) is 14.9 Å². The van der Waals surface area contributed by atoms with Crippen molar-refractivity contribution in [3.05, 3.63) is 105 Å². The Morgan fingerprint density at radius 3 is 2.32 bits per heavy atom. The van der Waals surface area contributed by atoms with Gasteiger partial charge in [0.15, 0.2) is 0 Å². The molecule has 8 heteroatoms. The molecule has 1 N–H and O–H groups in total. The van der Waals surface area contributed by atoms with E-state index in [1.807, 2.05) is 37.3 Å². The summed E-state index contributed by atoms with van der Waals surface area (Å²) in [6, 6.07) is 23.4. The lowest BCUT2D eigenvalue weighted by Gasteiger charge is -2.20. The topological polar surface area (TPSA) is 73.2 Å². The first-order valence-electron chi connectivity index (χ1n) is 10.4. The molecule has 0 aliphatic carbocycles. The Morgan fingerprint density at radius 2 is 1.68 bits per heavy atom. The molecule has 170 valence electrons. The molecule has 1 unspecified atom stereocenters. The van der Waals surface area contributed by atoms with Crippen LogP contribution in [-0.4, -0.2) is 17.1 Å². The third-order valence-corrected chi connectivity index (χ3v) is 7.32. The molecule has 0 aromatic heterocycles. The summed E-state index contributed by atoms with van der Waals surface area (Å²) in [5.74, 6) is -0.829. The van der Waals surface area contributed by atoms with Crippen LogP contribution in [0.4, 0.5) is 11.4 Å². The maximum absolute atomic E-state index is 13.6. The number of hydrogen-bond donors (Lipinski definition) is 1. The molecule has 3 aromatic carbocycles. The van der Waals surface area contributed by atoms with E-state index in [1.165, 1.54) is 16.7 Å². The molecule has 1 heterocycles. The Kier molecular flexibility index (Phi) is 7.28. The van der Waals surface area contributed by atoms with Crippen molar-refractivity contribution in [1.82, 2.24) is 0 Å². The standard InChI is InChI=1S/C26H19Cl2N3O2S/c1-16-8-5-6-13-22(16)31-25(33)23(14-18-20(27)11-7-12-21(18)28)34-26(31)19(15-29)24(32)30-17-9-3-2-4-10-17/h2-13,23H,14H2,1H3,(H,30,32). The SMILES string of the molecule is Cc1ccccc1N1C(=O)C(Cc2c(Cl)cccc2Cl)SC1=C(C#N)C(=O)Nc1ccccc1. The first-order valence-corrected chi connectivity index (χ1v) is 12.0. The van der Waals surface area contributed by atoms with Gasteiger partial charge in [-0.25, -0.2) is 0 Å². The predicted octanol–water partition coefficient (Wildman–Crippen LogP) is 6.37. The number of benzene rings is 3. The van der Waals surface area contributed by atoms with E-state index in [-0.39, 0.29) is 22.9 Å². The quantitative estimate of drug-likeness (QED) is 0.321. The van der Waals surface area contributed by atoms with E-state index in [0.29, 0.717) is 27.0 Å². The van der Waals surface area contributed by atoms with Crippen LogP contribution in [0.2, 0.25) is 10.0 Å². The van der Waals surface area contributed by atoms with Crippen LogP contribution >= 0.6 is 35.0 Å². The number of aryl methyl sites for hydroxylation is 1. The van der Waals surface area contributed by atoms with Crippen LogP contribution in [0, 0.1) is 18.3 Å². The van der Waals surface area contributed by atoms with Gasteiger partial charge in [0.25, 0.3) is 5.91 Å². The van der Waals surface area contributed by atoms with Gasteiger partial charge in [-0.3, -0.25) is 14.5 Å². The van der Waals surface area contributed by atoms with Crippen LogP contribution in [-0.2, 0) is 16.0 Å². The van der Waals surface area contributed by atoms with E-state index in [4.69, 9.17) is 23.2 Å². The summed E-state index contributed by atoms with van der Waals surface area (Å²) in [5.41, 5.74) is 2.51. The Hall–Kier alpha value is -3.24. The van der Waals surface area contributed by atoms with Gasteiger partial charge in [0.1, 0.15) is 16.7 Å². The molecule has 1 fully saturated rings. The number of halogens is 2. The molecule has 1 saturated heterocycles. The Bertz CT molecular complexity index is 1320. The Morgan fingerprint density at radius 1 is 1.03 bits per heavy atom. The average molecular weight is 508 g/mol. The molecule has 0 radical (unpaired) electrons. The molecule has 3 aromatic rings. The number of nitrogens with zero attached hydrogens (tertiary/aromatic N) is 2. The number of anilines is 2. The molecular weight excluding hydrogens is 489 g/mol. The second kappa shape index (κ2) is 10.4. The fourth-order valence-electron chi connectivity index (χ4n) is 3.65. The van der Waals surface area contributed by atoms with Gasteiger partial charge in [-0.05, 0) is 54.8 Å². The van der Waals surface area contributed by atoms with E-state index in [2.05, 4.69) is 5.32 Å². The number of hydrogen-bond acceptors (Lipinski definition) is 4. The van der Waals surface area contributed by atoms with Gasteiger partial charge < -0.3 is 5.32 Å². The lowest BCUT2D eigenvalue weighted by atomic mass is 10.1. The first-order chi connectivity index (χ1) is 16.4. The minimum atomic E-state index is -0.611. The summed E-state index contributed by atoms with van der Waals surface area (Å²) in [6.45, 7) is 1.87. The highest BCUT2D eigenvalue weighted by molar-refractivity contribution is 8.05. The van der Waals surface area contributed by atoms with Gasteiger partial charge in [0.05, 0.1) is 10.9 Å². The minimum absolute atomic E-state index is 0.141. The first kappa shape index (κ1) is 23.9. The van der Waals surface area contributed by atoms with Crippen molar-refractivity contribution in [3.63, 3.8) is 0 Å². The summed E-state index contributed by atoms with van der Waals surface area (Å²) < 4.78 is 0. The summed E-state index contributed by atoms with van der Waals surface area (Å²) in [4.78, 5) is 28.2. The summed E-state index contributed by atoms with van der Waals surface area (Å²) >= 11 is 13.9. The lowest BCUT2D eigenvalue weighted by molar-refractivity contribution is -0.117. The Labute approximate surface area is 212 Å². The molecular formula is C26H19Cl2N3O2S. The highest BCUT2D eigenvalue weighted by Crippen LogP contribution is 2.44. The third-order valence-electron chi connectivity index (χ3n) is 5.34. The second-order valence-corrected chi connectivity index (χ2v) is 9.59. The van der Waals surface area contributed by atoms with Gasteiger partial charge in [0.2, 0.25) is 5.91 Å². The van der Waals surface area contributed by atoms with Crippen molar-refractivity contribution >= 4 is 58.2 Å². The number of carbonyl (C=O) groups is 2. The van der Waals surface area contributed by atoms with E-state index in [1.54, 1.807) is 48.5 Å². The Balaban J connectivity index is 1.78. The van der Waals surface area contributed by atoms with Gasteiger partial charge in [-0.15, -0.1) is 0 Å². The van der Waals surface area contributed by atoms with Crippen LogP contribution in [0.5, 0.6) is 0 Å². The van der Waals surface area contributed by atoms with Crippen molar-refractivity contribution in [2.75, 3.05) is 10.2 Å². The number of nitrogens with one attached hydrogen (secondary N) is 1. The van der Waals surface area contributed by atoms with Crippen LogP contribution in [0.3, 0.4) is 0 Å². The van der Waals surface area contributed by atoms with E-state index >= 15 is 0 Å². The smallest absolute Gasteiger partial charge is 0.269 e. The summed E-state index contributed by atoms with van der Waals surface area (Å²) in [7, 11) is 0. The minimum Gasteiger partial charge on any atom is -0.321 e. The third kappa shape index (κ3) is 4.83. The zero-order chi connectivity index (χ0) is 24.2. The second-order valence-electron chi connectivity index (χ2n) is 7.58. The maximum Gasteiger partial charge on any atom is 0.269 e. The maximum atomic E-state index is 13.6. The number of amides is 2. The van der Waals surface area contributed by atoms with Crippen LogP contribution < -0.4 is 10.2 Å². The monoisotopic (exact) mass is 507 g/mol. The number of carbonyl (C=O) groups excluding carboxylic acids is 2. The van der Waals surface area contributed by atoms with Crippen molar-refractivity contribution in [2.45, 2.75) is 18.6 Å². The fourth-order valence-corrected chi connectivity index (χ4v) is 5.47. The highest BCUT2D eigenvalue weighted by atomic mass is 35.5. The molecule has 1 aliphatic rings. The van der Waals surface area contributed by atoms with Gasteiger partial charge in [0, 0.05) is 15.7 Å². The van der Waals surface area contributed by atoms with Gasteiger partial charge in [-0.1, -0.05) is 77.4 Å². The zero-order valence-corrected chi connectivity index (χ0v) is 20.4. The van der Waals surface area contributed by atoms with Crippen molar-refractivity contribution in [3.8, 4) is 6.07 Å². The van der Waals surface area contributed by atoms with Crippen LogP contribution in [0.25, 0.3) is 0 Å². The van der Waals surface area contributed by atoms with Crippen LogP contribution in [0.1, 0.15) is 11.1 Å². The molecule has 4 rings (SSSR count). The summed E-state index contributed by atoms with van der Waals surface area (Å²) in [5, 5.41) is 13.3. The van der Waals surface area contributed by atoms with Crippen molar-refractivity contribution < 1.29 is 9.59 Å². The van der Waals surface area contributed by atoms with Crippen LogP contribution in [0.15, 0.2) is 83.4 Å². The summed E-state index contributed by atoms with van der Waals surface area (Å²) in [6.07, 6.45) is 0.257. The fraction of sp³-hybridized carbons (Fsp3) is 0.115. The molecule has 2 amide bonds. The average Bonchev–Trinajstić information content (AvgIpc) is 3.13. The zero-order valence-electron chi connectivity index (χ0n) is 18.1. The number of nitriles is 1. The van der Waals surface area contributed by atoms with E-state index < -0.39 is 11.2 Å². The largest absolute Gasteiger partial charge is 0.321 e. The predicted molar refractivity (Wildman–Crippen MR) is 138 cm³/mol. The van der Waals surface area contributed by atoms with Gasteiger partial charge in [-0.2, -0.15) is 5.26 Å². The molecule has 5 nitrogen and oxygen atoms in total. The molecule has 0 spiro atoms. The van der Waals surface area contributed by atoms with Crippen molar-refractivity contribution in [1.29, 1.82) is 5.26 Å². The molecule has 34 heavy (non-hydrogen) atoms. The number of rotatable bonds is 5. The number of para-hydroxylation sites is 2. The lowest BCUT2D eigenvalue weighted by Crippen LogP contribution is -2.31. The molecule has 0 bridgehead atoms. The normalized spacial score (nSPS) is 16.8. The molecule has 1 aliphatic heterocycles. The van der Waals surface area contributed by atoms with E-state index in [0.717, 1.165) is 5.56 Å². The van der Waals surface area contributed by atoms with Gasteiger partial charge >= 0.3 is 0 Å². The highest BCUT2D eigenvalue weighted by Gasteiger charge is 2.41. The van der Waals surface area contributed by atoms with Crippen molar-refractivity contribution in [2.24, 2.45) is 0 Å². The molecule has 1 atom stereocenters. The number of thioether (sulfide) groups is 1. The molecule has 0 saturated carbocycles.